The van der Waals surface area contributed by atoms with Crippen molar-refractivity contribution in [2.45, 2.75) is 38.9 Å². The number of carbonyl (C=O) groups is 1. The number of amides is 1. The summed E-state index contributed by atoms with van der Waals surface area (Å²) in [5.41, 5.74) is -0.799. The van der Waals surface area contributed by atoms with Gasteiger partial charge in [0.25, 0.3) is 0 Å². The number of hydrogen-bond acceptors (Lipinski definition) is 5. The Kier molecular flexibility index (Phi) is 11.7. The van der Waals surface area contributed by atoms with Gasteiger partial charge in [-0.15, -0.1) is 24.0 Å². The van der Waals surface area contributed by atoms with Crippen molar-refractivity contribution >= 4 is 41.8 Å². The quantitative estimate of drug-likeness (QED) is 0.206. The summed E-state index contributed by atoms with van der Waals surface area (Å²) in [7, 11) is 0. The molecule has 31 heavy (non-hydrogen) atoms. The molecule has 1 aromatic rings. The Balaban J connectivity index is 0.00000480. The van der Waals surface area contributed by atoms with Gasteiger partial charge in [-0.3, -0.25) is 4.99 Å². The molecule has 0 atom stereocenters. The maximum Gasteiger partial charge on any atom is 0.419 e. The number of aliphatic imine (C=N–C) groups is 1. The van der Waals surface area contributed by atoms with Crippen molar-refractivity contribution in [2.75, 3.05) is 44.6 Å². The molecular weight excluding hydrogens is 528 g/mol. The molecule has 1 aliphatic heterocycles. The molecule has 0 spiro atoms. The molecule has 176 valence electrons. The highest BCUT2D eigenvalue weighted by Crippen LogP contribution is 2.33. The number of nitrogens with one attached hydrogen (secondary N) is 3. The zero-order chi connectivity index (χ0) is 22.0. The van der Waals surface area contributed by atoms with Crippen molar-refractivity contribution in [1.82, 2.24) is 20.5 Å². The molecule has 2 rings (SSSR count). The summed E-state index contributed by atoms with van der Waals surface area (Å²) in [4.78, 5) is 21.6. The smallest absolute Gasteiger partial charge is 0.419 e. The molecule has 0 saturated carbocycles. The number of ether oxygens (including phenoxy) is 1. The molecule has 0 bridgehead atoms. The van der Waals surface area contributed by atoms with Gasteiger partial charge in [0.05, 0.1) is 18.7 Å². The third-order valence-corrected chi connectivity index (χ3v) is 4.49. The van der Waals surface area contributed by atoms with Gasteiger partial charge in [-0.2, -0.15) is 13.2 Å². The van der Waals surface area contributed by atoms with Gasteiger partial charge in [-0.05, 0) is 38.8 Å². The molecule has 1 saturated heterocycles. The lowest BCUT2D eigenvalue weighted by Gasteiger charge is -2.32. The lowest BCUT2D eigenvalue weighted by atomic mass is 10.1. The Bertz CT molecular complexity index is 712. The summed E-state index contributed by atoms with van der Waals surface area (Å²) in [6, 6.07) is 2.40. The van der Waals surface area contributed by atoms with Gasteiger partial charge in [-0.25, -0.2) is 9.78 Å². The molecule has 1 fully saturated rings. The number of piperidine rings is 1. The third kappa shape index (κ3) is 8.95. The molecule has 1 amide bonds. The summed E-state index contributed by atoms with van der Waals surface area (Å²) in [6.45, 7) is 6.38. The lowest BCUT2D eigenvalue weighted by Crippen LogP contribution is -2.50. The largest absolute Gasteiger partial charge is 0.450 e. The van der Waals surface area contributed by atoms with Crippen molar-refractivity contribution in [3.8, 4) is 0 Å². The number of alkyl halides is 3. The molecule has 1 aliphatic rings. The van der Waals surface area contributed by atoms with Gasteiger partial charge in [0.2, 0.25) is 0 Å². The van der Waals surface area contributed by atoms with Crippen molar-refractivity contribution in [1.29, 1.82) is 0 Å². The van der Waals surface area contributed by atoms with E-state index in [-0.39, 0.29) is 55.0 Å². The normalized spacial score (nSPS) is 15.1. The van der Waals surface area contributed by atoms with Crippen molar-refractivity contribution in [2.24, 2.45) is 4.99 Å². The summed E-state index contributed by atoms with van der Waals surface area (Å²) >= 11 is 0. The van der Waals surface area contributed by atoms with Gasteiger partial charge in [0.1, 0.15) is 5.82 Å². The van der Waals surface area contributed by atoms with Crippen LogP contribution in [0.25, 0.3) is 0 Å². The third-order valence-electron chi connectivity index (χ3n) is 4.49. The van der Waals surface area contributed by atoms with E-state index >= 15 is 0 Å². The van der Waals surface area contributed by atoms with Gasteiger partial charge in [-0.1, -0.05) is 0 Å². The maximum atomic E-state index is 13.0. The second-order valence-electron chi connectivity index (χ2n) is 6.69. The Hall–Kier alpha value is -1.99. The highest BCUT2D eigenvalue weighted by molar-refractivity contribution is 14.0. The summed E-state index contributed by atoms with van der Waals surface area (Å²) in [5, 5.41) is 9.15. The van der Waals surface area contributed by atoms with Crippen LogP contribution < -0.4 is 16.0 Å². The van der Waals surface area contributed by atoms with Crippen LogP contribution in [0.4, 0.5) is 23.8 Å². The van der Waals surface area contributed by atoms with Gasteiger partial charge in [0.15, 0.2) is 5.96 Å². The molecule has 0 radical (unpaired) electrons. The predicted octanol–water partition coefficient (Wildman–Crippen LogP) is 3.31. The molecule has 0 unspecified atom stereocenters. The first-order valence-corrected chi connectivity index (χ1v) is 10.1. The first kappa shape index (κ1) is 27.0. The molecule has 1 aromatic heterocycles. The Morgan fingerprint density at radius 3 is 2.65 bits per heavy atom. The average molecular weight is 558 g/mol. The number of likely N-dealkylation sites (tertiary alicyclic amines) is 1. The van der Waals surface area contributed by atoms with Crippen molar-refractivity contribution in [3.05, 3.63) is 23.9 Å². The first-order valence-electron chi connectivity index (χ1n) is 10.1. The number of nitrogens with zero attached hydrogens (tertiary/aromatic N) is 3. The van der Waals surface area contributed by atoms with Crippen LogP contribution in [0.15, 0.2) is 23.3 Å². The van der Waals surface area contributed by atoms with Crippen molar-refractivity contribution < 1.29 is 22.7 Å². The number of aromatic nitrogens is 1. The van der Waals surface area contributed by atoms with E-state index in [0.29, 0.717) is 32.2 Å². The van der Waals surface area contributed by atoms with Crippen LogP contribution in [0.5, 0.6) is 0 Å². The van der Waals surface area contributed by atoms with Gasteiger partial charge in [0, 0.05) is 38.4 Å². The number of carbonyl (C=O) groups excluding carboxylic acids is 1. The van der Waals surface area contributed by atoms with E-state index in [0.717, 1.165) is 18.9 Å². The number of guanidine groups is 1. The van der Waals surface area contributed by atoms with E-state index in [2.05, 4.69) is 25.9 Å². The topological polar surface area (TPSA) is 90.9 Å². The number of halogens is 4. The van der Waals surface area contributed by atoms with E-state index < -0.39 is 11.7 Å². The van der Waals surface area contributed by atoms with Crippen LogP contribution in [0.3, 0.4) is 0 Å². The summed E-state index contributed by atoms with van der Waals surface area (Å²) in [6.07, 6.45) is -1.94. The average Bonchev–Trinajstić information content (AvgIpc) is 2.71. The minimum Gasteiger partial charge on any atom is -0.450 e. The molecule has 3 N–H and O–H groups in total. The lowest BCUT2D eigenvalue weighted by molar-refractivity contribution is -0.137. The van der Waals surface area contributed by atoms with E-state index in [4.69, 9.17) is 4.74 Å². The second kappa shape index (κ2) is 13.4. The minimum atomic E-state index is -4.46. The van der Waals surface area contributed by atoms with E-state index in [1.807, 2.05) is 6.92 Å². The predicted molar refractivity (Wildman–Crippen MR) is 124 cm³/mol. The Morgan fingerprint density at radius 1 is 1.32 bits per heavy atom. The highest BCUT2D eigenvalue weighted by Gasteiger charge is 2.33. The van der Waals surface area contributed by atoms with Crippen LogP contribution in [-0.4, -0.2) is 67.3 Å². The SMILES string of the molecule is CCNC(=NCCNc1ncccc1C(F)(F)F)NC1CCN(C(=O)OCC)CC1.I. The maximum absolute atomic E-state index is 13.0. The van der Waals surface area contributed by atoms with E-state index in [1.54, 1.807) is 11.8 Å². The van der Waals surface area contributed by atoms with Gasteiger partial charge >= 0.3 is 12.3 Å². The van der Waals surface area contributed by atoms with Crippen molar-refractivity contribution in [3.63, 3.8) is 0 Å². The van der Waals surface area contributed by atoms with Crippen LogP contribution in [0, 0.1) is 0 Å². The van der Waals surface area contributed by atoms with E-state index in [9.17, 15) is 18.0 Å². The van der Waals surface area contributed by atoms with Crippen LogP contribution in [0.2, 0.25) is 0 Å². The first-order chi connectivity index (χ1) is 14.3. The minimum absolute atomic E-state index is 0. The fourth-order valence-electron chi connectivity index (χ4n) is 3.05. The molecule has 8 nitrogen and oxygen atoms in total. The highest BCUT2D eigenvalue weighted by atomic mass is 127. The Labute approximate surface area is 197 Å². The molecule has 0 aromatic carbocycles. The number of anilines is 1. The zero-order valence-corrected chi connectivity index (χ0v) is 20.0. The standard InChI is InChI=1S/C19H29F3N6O2.HI/c1-3-23-17(27-14-7-12-28(13-8-14)18(29)30-4-2)26-11-10-25-16-15(19(20,21)22)6-5-9-24-16;/h5-6,9,14H,3-4,7-8,10-13H2,1-2H3,(H,24,25)(H2,23,26,27);1H. The molecule has 2 heterocycles. The van der Waals surface area contributed by atoms with Crippen LogP contribution in [-0.2, 0) is 10.9 Å². The number of pyridine rings is 1. The molecule has 12 heteroatoms. The number of hydrogen-bond donors (Lipinski definition) is 3. The second-order valence-corrected chi connectivity index (χ2v) is 6.69. The Morgan fingerprint density at radius 2 is 2.03 bits per heavy atom. The van der Waals surface area contributed by atoms with Crippen LogP contribution >= 0.6 is 24.0 Å². The monoisotopic (exact) mass is 558 g/mol. The molecular formula is C19H30F3IN6O2. The fourth-order valence-corrected chi connectivity index (χ4v) is 3.05. The summed E-state index contributed by atoms with van der Waals surface area (Å²) in [5.74, 6) is 0.385. The fraction of sp³-hybridized carbons (Fsp3) is 0.632. The van der Waals surface area contributed by atoms with Gasteiger partial charge < -0.3 is 25.6 Å². The molecule has 0 aliphatic carbocycles. The van der Waals surface area contributed by atoms with Crippen LogP contribution in [0.1, 0.15) is 32.3 Å². The summed E-state index contributed by atoms with van der Waals surface area (Å²) < 4.78 is 44.0. The zero-order valence-electron chi connectivity index (χ0n) is 17.7. The number of rotatable bonds is 7. The van der Waals surface area contributed by atoms with E-state index in [1.165, 1.54) is 12.3 Å².